The van der Waals surface area contributed by atoms with Crippen molar-refractivity contribution in [1.29, 1.82) is 0 Å². The minimum Gasteiger partial charge on any atom is -0.451 e. The van der Waals surface area contributed by atoms with Gasteiger partial charge in [-0.2, -0.15) is 0 Å². The van der Waals surface area contributed by atoms with Gasteiger partial charge in [0.05, 0.1) is 5.56 Å². The normalized spacial score (nSPS) is 11.0. The quantitative estimate of drug-likeness (QED) is 0.622. The Bertz CT molecular complexity index is 1050. The molecule has 1 aromatic carbocycles. The van der Waals surface area contributed by atoms with Gasteiger partial charge in [-0.25, -0.2) is 15.0 Å². The molecule has 0 radical (unpaired) electrons. The molecule has 124 valence electrons. The van der Waals surface area contributed by atoms with Crippen LogP contribution in [-0.2, 0) is 0 Å². The molecular formula is C18H15N5O2. The van der Waals surface area contributed by atoms with Crippen LogP contribution < -0.4 is 5.32 Å². The standard InChI is InChI=1S/C18H15N5O2/c1-11-20-12(2)23-8-7-15(17(23)21-11)18(24)22-14-5-3-13(4-6-14)16-9-25-10-19-16/h3-10H,1-2H3,(H,22,24). The summed E-state index contributed by atoms with van der Waals surface area (Å²) in [6.45, 7) is 3.69. The topological polar surface area (TPSA) is 85.3 Å². The largest absolute Gasteiger partial charge is 0.451 e. The van der Waals surface area contributed by atoms with Crippen LogP contribution in [0, 0.1) is 13.8 Å². The lowest BCUT2D eigenvalue weighted by atomic mass is 10.1. The van der Waals surface area contributed by atoms with Crippen molar-refractivity contribution in [3.63, 3.8) is 0 Å². The molecule has 1 amide bonds. The highest BCUT2D eigenvalue weighted by Gasteiger charge is 2.15. The van der Waals surface area contributed by atoms with Crippen LogP contribution in [0.3, 0.4) is 0 Å². The molecule has 7 nitrogen and oxygen atoms in total. The molecule has 0 saturated carbocycles. The van der Waals surface area contributed by atoms with Crippen molar-refractivity contribution in [3.05, 3.63) is 66.4 Å². The number of aromatic nitrogens is 4. The first-order chi connectivity index (χ1) is 12.1. The van der Waals surface area contributed by atoms with Crippen LogP contribution in [-0.4, -0.2) is 25.3 Å². The lowest BCUT2D eigenvalue weighted by Crippen LogP contribution is -2.12. The van der Waals surface area contributed by atoms with Crippen LogP contribution in [0.25, 0.3) is 16.9 Å². The Kier molecular flexibility index (Phi) is 3.53. The van der Waals surface area contributed by atoms with E-state index < -0.39 is 0 Å². The third kappa shape index (κ3) is 2.76. The van der Waals surface area contributed by atoms with Gasteiger partial charge < -0.3 is 9.73 Å². The summed E-state index contributed by atoms with van der Waals surface area (Å²) in [6.07, 6.45) is 4.76. The van der Waals surface area contributed by atoms with E-state index in [1.54, 1.807) is 22.9 Å². The van der Waals surface area contributed by atoms with Gasteiger partial charge >= 0.3 is 0 Å². The van der Waals surface area contributed by atoms with Crippen molar-refractivity contribution < 1.29 is 9.21 Å². The molecule has 4 aromatic rings. The first-order valence-electron chi connectivity index (χ1n) is 7.74. The second kappa shape index (κ2) is 5.86. The van der Waals surface area contributed by atoms with Crippen LogP contribution in [0.15, 0.2) is 53.6 Å². The summed E-state index contributed by atoms with van der Waals surface area (Å²) in [5.41, 5.74) is 3.47. The fourth-order valence-corrected chi connectivity index (χ4v) is 2.72. The predicted molar refractivity (Wildman–Crippen MR) is 92.4 cm³/mol. The van der Waals surface area contributed by atoms with Gasteiger partial charge in [-0.15, -0.1) is 0 Å². The van der Waals surface area contributed by atoms with E-state index in [-0.39, 0.29) is 5.91 Å². The summed E-state index contributed by atoms with van der Waals surface area (Å²) in [5, 5.41) is 2.89. The zero-order valence-corrected chi connectivity index (χ0v) is 13.7. The van der Waals surface area contributed by atoms with E-state index >= 15 is 0 Å². The minimum absolute atomic E-state index is 0.214. The fraction of sp³-hybridized carbons (Fsp3) is 0.111. The summed E-state index contributed by atoms with van der Waals surface area (Å²) >= 11 is 0. The minimum atomic E-state index is -0.214. The van der Waals surface area contributed by atoms with Gasteiger partial charge in [0.2, 0.25) is 0 Å². The number of nitrogens with zero attached hydrogens (tertiary/aromatic N) is 4. The molecular weight excluding hydrogens is 318 g/mol. The number of benzene rings is 1. The van der Waals surface area contributed by atoms with Crippen LogP contribution in [0.1, 0.15) is 22.0 Å². The number of carbonyl (C=O) groups is 1. The molecule has 0 bridgehead atoms. The third-order valence-corrected chi connectivity index (χ3v) is 3.91. The average molecular weight is 333 g/mol. The van der Waals surface area contributed by atoms with Gasteiger partial charge in [0, 0.05) is 17.4 Å². The Morgan fingerprint density at radius 2 is 1.92 bits per heavy atom. The first-order valence-corrected chi connectivity index (χ1v) is 7.74. The van der Waals surface area contributed by atoms with Crippen molar-refractivity contribution in [2.24, 2.45) is 0 Å². The zero-order valence-electron chi connectivity index (χ0n) is 13.7. The number of amides is 1. The summed E-state index contributed by atoms with van der Waals surface area (Å²) in [5.74, 6) is 1.21. The van der Waals surface area contributed by atoms with E-state index in [1.165, 1.54) is 6.39 Å². The molecule has 25 heavy (non-hydrogen) atoms. The van der Waals surface area contributed by atoms with Gasteiger partial charge in [0.1, 0.15) is 23.6 Å². The van der Waals surface area contributed by atoms with Gasteiger partial charge in [0.15, 0.2) is 12.0 Å². The average Bonchev–Trinajstić information content (AvgIpc) is 3.25. The molecule has 3 heterocycles. The monoisotopic (exact) mass is 333 g/mol. The van der Waals surface area contributed by atoms with E-state index in [1.807, 2.05) is 38.1 Å². The van der Waals surface area contributed by atoms with Crippen molar-refractivity contribution in [2.75, 3.05) is 5.32 Å². The van der Waals surface area contributed by atoms with Crippen molar-refractivity contribution >= 4 is 17.2 Å². The molecule has 0 aliphatic carbocycles. The maximum absolute atomic E-state index is 12.6. The Morgan fingerprint density at radius 1 is 1.12 bits per heavy atom. The number of rotatable bonds is 3. The highest BCUT2D eigenvalue weighted by molar-refractivity contribution is 6.08. The van der Waals surface area contributed by atoms with E-state index in [0.717, 1.165) is 17.1 Å². The Balaban J connectivity index is 1.60. The van der Waals surface area contributed by atoms with Crippen LogP contribution in [0.4, 0.5) is 5.69 Å². The zero-order chi connectivity index (χ0) is 17.4. The Morgan fingerprint density at radius 3 is 2.64 bits per heavy atom. The number of hydrogen-bond acceptors (Lipinski definition) is 5. The van der Waals surface area contributed by atoms with E-state index in [9.17, 15) is 4.79 Å². The predicted octanol–water partition coefficient (Wildman–Crippen LogP) is 3.25. The number of fused-ring (bicyclic) bond motifs is 1. The molecule has 0 saturated heterocycles. The van der Waals surface area contributed by atoms with Crippen LogP contribution >= 0.6 is 0 Å². The van der Waals surface area contributed by atoms with E-state index in [0.29, 0.717) is 22.7 Å². The summed E-state index contributed by atoms with van der Waals surface area (Å²) in [4.78, 5) is 25.4. The lowest BCUT2D eigenvalue weighted by molar-refractivity contribution is 0.102. The van der Waals surface area contributed by atoms with Gasteiger partial charge in [-0.3, -0.25) is 9.20 Å². The highest BCUT2D eigenvalue weighted by atomic mass is 16.3. The molecule has 7 heteroatoms. The van der Waals surface area contributed by atoms with Crippen molar-refractivity contribution in [3.8, 4) is 11.3 Å². The van der Waals surface area contributed by atoms with Crippen LogP contribution in [0.2, 0.25) is 0 Å². The smallest absolute Gasteiger partial charge is 0.259 e. The molecule has 3 aromatic heterocycles. The second-order valence-corrected chi connectivity index (χ2v) is 5.65. The third-order valence-electron chi connectivity index (χ3n) is 3.91. The molecule has 0 aliphatic rings. The van der Waals surface area contributed by atoms with Gasteiger partial charge in [-0.05, 0) is 32.0 Å². The SMILES string of the molecule is Cc1nc(C)n2ccc(C(=O)Nc3ccc(-c4cocn4)cc3)c2n1. The summed E-state index contributed by atoms with van der Waals surface area (Å²) in [7, 11) is 0. The molecule has 0 unspecified atom stereocenters. The molecule has 0 atom stereocenters. The van der Waals surface area contributed by atoms with Crippen LogP contribution in [0.5, 0.6) is 0 Å². The number of oxazole rings is 1. The maximum Gasteiger partial charge on any atom is 0.259 e. The number of nitrogens with one attached hydrogen (secondary N) is 1. The maximum atomic E-state index is 12.6. The highest BCUT2D eigenvalue weighted by Crippen LogP contribution is 2.20. The number of hydrogen-bond donors (Lipinski definition) is 1. The Hall–Kier alpha value is -3.48. The molecule has 0 aliphatic heterocycles. The molecule has 1 N–H and O–H groups in total. The molecule has 4 rings (SSSR count). The lowest BCUT2D eigenvalue weighted by Gasteiger charge is -2.06. The van der Waals surface area contributed by atoms with Crippen molar-refractivity contribution in [2.45, 2.75) is 13.8 Å². The number of carbonyl (C=O) groups excluding carboxylic acids is 1. The van der Waals surface area contributed by atoms with E-state index in [2.05, 4.69) is 20.3 Å². The van der Waals surface area contributed by atoms with Gasteiger partial charge in [-0.1, -0.05) is 12.1 Å². The molecule has 0 spiro atoms. The van der Waals surface area contributed by atoms with Gasteiger partial charge in [0.25, 0.3) is 5.91 Å². The molecule has 0 fully saturated rings. The first kappa shape index (κ1) is 15.1. The summed E-state index contributed by atoms with van der Waals surface area (Å²) < 4.78 is 6.78. The van der Waals surface area contributed by atoms with Crippen molar-refractivity contribution in [1.82, 2.24) is 19.4 Å². The number of anilines is 1. The second-order valence-electron chi connectivity index (χ2n) is 5.65. The number of aryl methyl sites for hydroxylation is 2. The fourth-order valence-electron chi connectivity index (χ4n) is 2.72. The Labute approximate surface area is 143 Å². The van der Waals surface area contributed by atoms with E-state index in [4.69, 9.17) is 4.42 Å². The summed E-state index contributed by atoms with van der Waals surface area (Å²) in [6, 6.07) is 9.15.